The topological polar surface area (TPSA) is 270 Å². The van der Waals surface area contributed by atoms with Gasteiger partial charge in [0, 0.05) is 75.4 Å². The minimum Gasteiger partial charge on any atom is -0.347 e. The van der Waals surface area contributed by atoms with Crippen LogP contribution >= 0.6 is 11.6 Å². The lowest BCUT2D eigenvalue weighted by Crippen LogP contribution is -2.65. The molecule has 2 aliphatic heterocycles. The molecule has 97 heavy (non-hydrogen) atoms. The molecule has 28 heteroatoms. The molecule has 0 aromatic carbocycles. The van der Waals surface area contributed by atoms with Crippen molar-refractivity contribution < 1.29 is 70.7 Å². The summed E-state index contributed by atoms with van der Waals surface area (Å²) < 4.78 is 41.9. The molecular weight excluding hydrogens is 1280 g/mol. The molecule has 2 saturated heterocycles. The van der Waals surface area contributed by atoms with Gasteiger partial charge in [-0.3, -0.25) is 57.5 Å². The normalized spacial score (nSPS) is 29.6. The molecule has 3 unspecified atom stereocenters. The highest BCUT2D eigenvalue weighted by Gasteiger charge is 2.52. The van der Waals surface area contributed by atoms with E-state index in [0.717, 1.165) is 59.6 Å². The van der Waals surface area contributed by atoms with E-state index in [1.54, 1.807) is 6.92 Å². The van der Waals surface area contributed by atoms with E-state index in [-0.39, 0.29) is 88.5 Å². The average molecular weight is 1390 g/mol. The second kappa shape index (κ2) is 35.2. The van der Waals surface area contributed by atoms with E-state index in [9.17, 15) is 51.5 Å². The highest BCUT2D eigenvalue weighted by Crippen LogP contribution is 2.44. The van der Waals surface area contributed by atoms with Crippen LogP contribution in [0.25, 0.3) is 0 Å². The Balaban J connectivity index is 1.40. The lowest BCUT2D eigenvalue weighted by atomic mass is 9.78. The standard InChI is InChI=1S/C69H112ClF3N12O12/c1-14-43(4)58-65(95)80(9)40-56(88)78(7)41-57(89)82(11)52(37-44-23-16-15-17-24-44)64(94)79(8)39-54(86)74-49(31-29-45-28-30-47(48(70)36-45)69(71,72)73)62(92)85-34-22-27-50(85)61(91)76-68(32-20-21-33-68)67(97)84(13)59(46-25-18-19-26-46)66(96)83(12)53(63(93)77(5)6)38-55(87)81(10)51(35-42(2)3)60(90)75-58/h42-53,58-59H,14-41H2,1-13H3,(H,74,86)(H,75,90)(H,76,91)/t43-,45?,47?,48?,49-,50-,51-,52-,53-,58-,59-/m0/s1. The Hall–Kier alpha value is -6.28. The minimum absolute atomic E-state index is 0.000613. The molecule has 0 aromatic rings. The molecule has 11 atom stereocenters. The number of nitrogens with zero attached hydrogens (tertiary/aromatic N) is 9. The summed E-state index contributed by atoms with van der Waals surface area (Å²) in [4.78, 5) is 189. The summed E-state index contributed by atoms with van der Waals surface area (Å²) in [7, 11) is 12.9. The molecule has 6 aliphatic rings. The van der Waals surface area contributed by atoms with E-state index in [1.165, 1.54) is 92.8 Å². The largest absolute Gasteiger partial charge is 0.393 e. The predicted molar refractivity (Wildman–Crippen MR) is 358 cm³/mol. The number of rotatable bonds is 11. The van der Waals surface area contributed by atoms with E-state index >= 15 is 19.2 Å². The molecule has 12 amide bonds. The Kier molecular flexibility index (Phi) is 28.9. The number of hydrogen-bond donors (Lipinski definition) is 3. The molecule has 2 heterocycles. The maximum absolute atomic E-state index is 15.5. The maximum Gasteiger partial charge on any atom is 0.393 e. The van der Waals surface area contributed by atoms with Crippen molar-refractivity contribution in [1.29, 1.82) is 0 Å². The van der Waals surface area contributed by atoms with Gasteiger partial charge in [-0.2, -0.15) is 13.2 Å². The smallest absolute Gasteiger partial charge is 0.347 e. The highest BCUT2D eigenvalue weighted by molar-refractivity contribution is 6.21. The quantitative estimate of drug-likeness (QED) is 0.226. The van der Waals surface area contributed by atoms with Gasteiger partial charge in [0.25, 0.3) is 0 Å². The zero-order valence-corrected chi connectivity index (χ0v) is 60.6. The number of likely N-dealkylation sites (N-methyl/N-ethyl adjacent to an activating group) is 8. The van der Waals surface area contributed by atoms with Gasteiger partial charge in [0.2, 0.25) is 70.9 Å². The third kappa shape index (κ3) is 20.2. The van der Waals surface area contributed by atoms with Crippen LogP contribution in [0.2, 0.25) is 0 Å². The maximum atomic E-state index is 15.5. The van der Waals surface area contributed by atoms with Crippen molar-refractivity contribution in [2.24, 2.45) is 35.5 Å². The summed E-state index contributed by atoms with van der Waals surface area (Å²) in [6, 6.07) is -8.58. The first kappa shape index (κ1) is 79.7. The van der Waals surface area contributed by atoms with E-state index in [4.69, 9.17) is 11.6 Å². The van der Waals surface area contributed by atoms with Gasteiger partial charge in [0.15, 0.2) is 0 Å². The lowest BCUT2D eigenvalue weighted by molar-refractivity contribution is -0.182. The molecule has 4 aliphatic carbocycles. The SMILES string of the molecule is CC[C@H](C)[C@@H]1NC(=O)[C@H](CC(C)C)N(C)C(=O)C[C@@H](C(=O)N(C)C)N(C)C(=O)[C@H](C2CCCC2)N(C)C(=O)C2(CCCC2)NC(=O)[C@@H]2CCCN2C(=O)[C@H](CCC2CCC(C(F)(F)F)C(Cl)C2)NC(=O)CN(C)C(=O)[C@H](CC2CCCCC2)N(C)C(=O)CN(C)C(=O)CN(C)C1=O. The molecule has 548 valence electrons. The summed E-state index contributed by atoms with van der Waals surface area (Å²) in [5.41, 5.74) is -1.55. The second-order valence-corrected chi connectivity index (χ2v) is 30.3. The van der Waals surface area contributed by atoms with Crippen LogP contribution in [0.3, 0.4) is 0 Å². The molecular formula is C69H112ClF3N12O12. The highest BCUT2D eigenvalue weighted by atomic mass is 35.5. The molecule has 24 nitrogen and oxygen atoms in total. The van der Waals surface area contributed by atoms with E-state index in [2.05, 4.69) is 16.0 Å². The number of alkyl halides is 4. The zero-order valence-electron chi connectivity index (χ0n) is 59.8. The fraction of sp³-hybridized carbons (Fsp3) is 0.826. The summed E-state index contributed by atoms with van der Waals surface area (Å²) in [5.74, 6) is -10.8. The van der Waals surface area contributed by atoms with Gasteiger partial charge in [0.05, 0.1) is 32.0 Å². The van der Waals surface area contributed by atoms with Crippen LogP contribution in [0, 0.1) is 35.5 Å². The Morgan fingerprint density at radius 2 is 1.22 bits per heavy atom. The van der Waals surface area contributed by atoms with Crippen molar-refractivity contribution in [3.8, 4) is 0 Å². The number of carbonyl (C=O) groups is 12. The first-order chi connectivity index (χ1) is 45.5. The molecule has 3 N–H and O–H groups in total. The van der Waals surface area contributed by atoms with Crippen LogP contribution < -0.4 is 16.0 Å². The van der Waals surface area contributed by atoms with Gasteiger partial charge in [-0.15, -0.1) is 11.6 Å². The fourth-order valence-corrected chi connectivity index (χ4v) is 16.1. The second-order valence-electron chi connectivity index (χ2n) is 29.7. The molecule has 6 rings (SSSR count). The van der Waals surface area contributed by atoms with Gasteiger partial charge in [0.1, 0.15) is 47.8 Å². The Morgan fingerprint density at radius 1 is 0.619 bits per heavy atom. The first-order valence-electron chi connectivity index (χ1n) is 35.5. The van der Waals surface area contributed by atoms with E-state index in [1.807, 2.05) is 20.8 Å². The fourth-order valence-electron chi connectivity index (χ4n) is 15.6. The van der Waals surface area contributed by atoms with Crippen LogP contribution in [0.15, 0.2) is 0 Å². The van der Waals surface area contributed by atoms with Crippen molar-refractivity contribution in [1.82, 2.24) is 60.0 Å². The van der Waals surface area contributed by atoms with Crippen LogP contribution in [0.5, 0.6) is 0 Å². The lowest BCUT2D eigenvalue weighted by Gasteiger charge is -2.42. The summed E-state index contributed by atoms with van der Waals surface area (Å²) in [5, 5.41) is 7.56. The zero-order chi connectivity index (χ0) is 72.1. The summed E-state index contributed by atoms with van der Waals surface area (Å²) in [6.45, 7) is 5.74. The third-order valence-electron chi connectivity index (χ3n) is 22.0. The molecule has 0 bridgehead atoms. The molecule has 0 aromatic heterocycles. The molecule has 0 radical (unpaired) electrons. The molecule has 1 spiro atoms. The Labute approximate surface area is 577 Å². The minimum atomic E-state index is -4.51. The number of hydrogen-bond acceptors (Lipinski definition) is 12. The average Bonchev–Trinajstić information content (AvgIpc) is 1.68. The van der Waals surface area contributed by atoms with Crippen LogP contribution in [-0.2, 0) is 57.5 Å². The van der Waals surface area contributed by atoms with Gasteiger partial charge in [-0.25, -0.2) is 0 Å². The van der Waals surface area contributed by atoms with Gasteiger partial charge >= 0.3 is 6.18 Å². The van der Waals surface area contributed by atoms with Gasteiger partial charge in [-0.05, 0) is 113 Å². The molecule has 4 saturated carbocycles. The summed E-state index contributed by atoms with van der Waals surface area (Å²) >= 11 is 6.39. The number of amides is 12. The Bertz CT molecular complexity index is 2820. The monoisotopic (exact) mass is 1390 g/mol. The van der Waals surface area contributed by atoms with Gasteiger partial charge < -0.3 is 60.0 Å². The Morgan fingerprint density at radius 3 is 1.80 bits per heavy atom. The number of carbonyl (C=O) groups excluding carboxylic acids is 12. The van der Waals surface area contributed by atoms with E-state index < -0.39 is 174 Å². The first-order valence-corrected chi connectivity index (χ1v) is 35.9. The van der Waals surface area contributed by atoms with Crippen molar-refractivity contribution in [2.45, 2.75) is 241 Å². The van der Waals surface area contributed by atoms with E-state index in [0.29, 0.717) is 38.5 Å². The number of fused-ring (bicyclic) bond motifs is 1. The van der Waals surface area contributed by atoms with Crippen LogP contribution in [0.4, 0.5) is 13.2 Å². The van der Waals surface area contributed by atoms with Crippen molar-refractivity contribution >= 4 is 82.5 Å². The van der Waals surface area contributed by atoms with Crippen LogP contribution in [0.1, 0.15) is 182 Å². The van der Waals surface area contributed by atoms with Crippen molar-refractivity contribution in [2.75, 3.05) is 89.6 Å². The summed E-state index contributed by atoms with van der Waals surface area (Å²) in [6.07, 6.45) is 4.65. The van der Waals surface area contributed by atoms with Crippen molar-refractivity contribution in [3.05, 3.63) is 0 Å². The number of nitrogens with one attached hydrogen (secondary N) is 3. The molecule has 6 fully saturated rings. The van der Waals surface area contributed by atoms with Crippen molar-refractivity contribution in [3.63, 3.8) is 0 Å². The van der Waals surface area contributed by atoms with Crippen LogP contribution in [-0.4, -0.2) is 264 Å². The van der Waals surface area contributed by atoms with Gasteiger partial charge in [-0.1, -0.05) is 91.9 Å². The predicted octanol–water partition coefficient (Wildman–Crippen LogP) is 5.17. The number of halogens is 4. The third-order valence-corrected chi connectivity index (χ3v) is 22.5.